The van der Waals surface area contributed by atoms with E-state index in [-0.39, 0.29) is 79.6 Å². The van der Waals surface area contributed by atoms with E-state index in [0.717, 1.165) is 200 Å². The van der Waals surface area contributed by atoms with Crippen LogP contribution < -0.4 is 33.7 Å². The predicted octanol–water partition coefficient (Wildman–Crippen LogP) is 24.2. The molecule has 0 radical (unpaired) electrons. The van der Waals surface area contributed by atoms with Gasteiger partial charge in [-0.2, -0.15) is 42.1 Å². The lowest BCUT2D eigenvalue weighted by atomic mass is 9.63. The van der Waals surface area contributed by atoms with Gasteiger partial charge in [0.1, 0.15) is 115 Å². The summed E-state index contributed by atoms with van der Waals surface area (Å²) in [7, 11) is 0. The fraction of sp³-hybridized carbons (Fsp3) is 0.302. The predicted molar refractivity (Wildman–Crippen MR) is 488 cm³/mol. The Kier molecular flexibility index (Phi) is 19.4. The number of allylic oxidation sites excluding steroid dienone is 7. The third kappa shape index (κ3) is 12.2. The maximum absolute atomic E-state index is 15.2. The van der Waals surface area contributed by atoms with Gasteiger partial charge in [0.25, 0.3) is 5.56 Å². The molecule has 5 aliphatic heterocycles. The van der Waals surface area contributed by atoms with E-state index in [1.54, 1.807) is 57.5 Å². The first kappa shape index (κ1) is 81.3. The molecule has 4 spiro atoms. The number of carbonyl (C=O) groups is 2. The molecule has 22 rings (SSSR count). The summed E-state index contributed by atoms with van der Waals surface area (Å²) in [6.07, 6.45) is 21.9. The first-order chi connectivity index (χ1) is 61.6. The Morgan fingerprint density at radius 1 is 0.409 bits per heavy atom. The van der Waals surface area contributed by atoms with Gasteiger partial charge in [0.2, 0.25) is 0 Å². The number of ether oxygens (including phenoxy) is 4. The van der Waals surface area contributed by atoms with Crippen LogP contribution in [-0.2, 0) is 28.9 Å². The standard InChI is InChI=1S/C96H62F4N10O7S10/c1-3-109-43-54(122-91(109)48(39-105)40-106)22-50-25-65-78(118-50)82-73(94(114-65)17-9-6-10-18-94)87-89(126-82)75-85(127-87)81-68(28-53(121-81)29-69-90(113)110(4-2)92(123-69)49(41-107)42-108)117-96(75)19-11-12-45(34-96)44-13-20-95(21-14-44)74-84(80-67(116-95)27-52(120-80)24-60-71(47(37-103)38-104)56-31-62(98)64(100)33-58(56)77(60)112)125-86-72-83(124-88(74)86)79-66(115-93(72)15-7-5-8-16-93)26-51(119-79)23-59-70(46(35-101)36-102)55-30-61(97)63(99)32-57(55)76(59)111/h22-33,44-45H,3-21,34,43H2,1-2H3/b54-22-,59-23-,60-24-,69-29-. The highest BCUT2D eigenvalue weighted by molar-refractivity contribution is 8.07. The lowest BCUT2D eigenvalue weighted by molar-refractivity contribution is -0.0367. The molecule has 6 aliphatic carbocycles. The third-order valence-electron chi connectivity index (χ3n) is 27.0. The van der Waals surface area contributed by atoms with Crippen LogP contribution in [0.4, 0.5) is 17.6 Å². The van der Waals surface area contributed by atoms with Crippen molar-refractivity contribution >= 4 is 185 Å². The second-order valence-electron chi connectivity index (χ2n) is 33.7. The molecular formula is C96H62F4N10O7S10. The van der Waals surface area contributed by atoms with Gasteiger partial charge in [-0.25, -0.2) is 17.6 Å². The van der Waals surface area contributed by atoms with Crippen LogP contribution >= 0.6 is 114 Å². The number of nitrogens with zero attached hydrogens (tertiary/aromatic N) is 10. The van der Waals surface area contributed by atoms with Crippen LogP contribution in [0.15, 0.2) is 91.1 Å². The maximum Gasteiger partial charge on any atom is 0.269 e. The van der Waals surface area contributed by atoms with Crippen molar-refractivity contribution in [3.8, 4) is 111 Å². The minimum Gasteiger partial charge on any atom is -0.481 e. The molecule has 31 heteroatoms. The van der Waals surface area contributed by atoms with Crippen LogP contribution in [0.5, 0.6) is 23.0 Å². The van der Waals surface area contributed by atoms with E-state index in [1.807, 2.05) is 91.1 Å². The Balaban J connectivity index is 0.671. The number of thioether (sulfide) groups is 1. The smallest absolute Gasteiger partial charge is 0.269 e. The molecule has 11 aliphatic rings. The molecule has 2 aromatic carbocycles. The van der Waals surface area contributed by atoms with E-state index in [4.69, 9.17) is 18.9 Å². The molecule has 626 valence electrons. The number of ketones is 2. The van der Waals surface area contributed by atoms with E-state index in [0.29, 0.717) is 80.7 Å². The zero-order chi connectivity index (χ0) is 87.3. The molecule has 4 saturated carbocycles. The second-order valence-corrected chi connectivity index (χ2v) is 44.2. The number of likely N-dealkylation sites (N-methyl/N-ethyl adjacent to an activating group) is 1. The van der Waals surface area contributed by atoms with E-state index in [2.05, 4.69) is 35.2 Å². The van der Waals surface area contributed by atoms with Crippen molar-refractivity contribution in [2.45, 2.75) is 158 Å². The van der Waals surface area contributed by atoms with Crippen molar-refractivity contribution < 1.29 is 46.1 Å². The van der Waals surface area contributed by atoms with Crippen molar-refractivity contribution in [2.24, 2.45) is 11.8 Å². The summed E-state index contributed by atoms with van der Waals surface area (Å²) in [4.78, 5) is 57.2. The zero-order valence-corrected chi connectivity index (χ0v) is 75.5. The minimum absolute atomic E-state index is 0.0515. The molecule has 9 aromatic heterocycles. The van der Waals surface area contributed by atoms with Crippen molar-refractivity contribution in [1.29, 1.82) is 42.1 Å². The number of nitriles is 8. The average Bonchev–Trinajstić information content (AvgIpc) is 1.52. The van der Waals surface area contributed by atoms with E-state index >= 15 is 13.2 Å². The van der Waals surface area contributed by atoms with Gasteiger partial charge in [0, 0.05) is 99.7 Å². The number of fused-ring (bicyclic) bond motifs is 24. The van der Waals surface area contributed by atoms with Crippen molar-refractivity contribution in [2.75, 3.05) is 13.1 Å². The van der Waals surface area contributed by atoms with Gasteiger partial charge < -0.3 is 23.8 Å². The van der Waals surface area contributed by atoms with Crippen molar-refractivity contribution in [3.05, 3.63) is 193 Å². The molecule has 0 N–H and O–H groups in total. The number of thiophene rings is 8. The number of rotatable bonds is 7. The fourth-order valence-corrected chi connectivity index (χ4v) is 35.1. The van der Waals surface area contributed by atoms with Gasteiger partial charge in [-0.15, -0.1) is 102 Å². The highest BCUT2D eigenvalue weighted by atomic mass is 32.2. The highest BCUT2D eigenvalue weighted by Crippen LogP contribution is 2.71. The molecule has 2 atom stereocenters. The molecule has 5 fully saturated rings. The number of thiazole rings is 1. The summed E-state index contributed by atoms with van der Waals surface area (Å²) >= 11 is 15.6. The van der Waals surface area contributed by atoms with Crippen molar-refractivity contribution in [3.63, 3.8) is 0 Å². The summed E-state index contributed by atoms with van der Waals surface area (Å²) in [5.74, 6) is -3.25. The topological polar surface area (TPSA) is 287 Å². The second kappa shape index (κ2) is 30.3. The molecule has 0 bridgehead atoms. The lowest BCUT2D eigenvalue weighted by Crippen LogP contribution is -2.44. The van der Waals surface area contributed by atoms with Crippen LogP contribution in [-0.4, -0.2) is 34.1 Å². The van der Waals surface area contributed by atoms with Crippen LogP contribution in [0.25, 0.3) is 98.8 Å². The Hall–Kier alpha value is -11.5. The molecule has 17 nitrogen and oxygen atoms in total. The molecular weight excluding hydrogens is 1800 g/mol. The van der Waals surface area contributed by atoms with E-state index in [9.17, 15) is 60.9 Å². The number of hydrogen-bond donors (Lipinski definition) is 0. The highest BCUT2D eigenvalue weighted by Gasteiger charge is 2.57. The van der Waals surface area contributed by atoms with Gasteiger partial charge in [-0.3, -0.25) is 19.0 Å². The number of Topliss-reactive ketones (excluding diaryl/α,β-unsaturated/α-hetero) is 2. The first-order valence-electron chi connectivity index (χ1n) is 41.7. The Bertz CT molecular complexity index is 7640. The SMILES string of the molecule is CCN1C/C(=C/c2cc3c(s2)-c2sc4c5c(sc4c2C2(CCCCC2)O3)-c2sc(/C=c3\sc(=C(C#N)C#N)n(CC)c3=O)cc2OC52CCCC(C3CCC4(CC3)Oc3cc(/C=C5\C(=O)c6cc(F)c(F)cc6C5=C(C#N)C#N)sc3-c3sc5c6c(sc5c34)-c3sc(/C=C4\C(=O)c5cc(F)c(F)cc5C4=C(C#N)C#N)cc3OC63CCCCC3)C2)SC1=C(C#N)C#N. The average molecular weight is 1860 g/mol. The Morgan fingerprint density at radius 3 is 1.20 bits per heavy atom. The Labute approximate surface area is 763 Å². The zero-order valence-electron chi connectivity index (χ0n) is 67.4. The van der Waals surface area contributed by atoms with Gasteiger partial charge >= 0.3 is 0 Å². The van der Waals surface area contributed by atoms with E-state index in [1.165, 1.54) is 64.4 Å². The largest absolute Gasteiger partial charge is 0.481 e. The number of benzene rings is 2. The molecule has 2 unspecified atom stereocenters. The number of hydrogen-bond acceptors (Lipinski definition) is 26. The van der Waals surface area contributed by atoms with Crippen LogP contribution in [0, 0.1) is 126 Å². The lowest BCUT2D eigenvalue weighted by Gasteiger charge is -2.48. The van der Waals surface area contributed by atoms with Gasteiger partial charge in [-0.05, 0) is 212 Å². The quantitative estimate of drug-likeness (QED) is 0.0814. The summed E-state index contributed by atoms with van der Waals surface area (Å²) in [5.41, 5.74) is -0.680. The fourth-order valence-electron chi connectivity index (χ4n) is 21.5. The maximum atomic E-state index is 15.2. The van der Waals surface area contributed by atoms with Crippen LogP contribution in [0.3, 0.4) is 0 Å². The molecule has 1 saturated heterocycles. The molecule has 14 heterocycles. The number of halogens is 4. The number of carbonyl (C=O) groups excluding carboxylic acids is 2. The third-order valence-corrected chi connectivity index (χ3v) is 39.3. The summed E-state index contributed by atoms with van der Waals surface area (Å²) in [6.45, 7) is 5.31. The van der Waals surface area contributed by atoms with Crippen molar-refractivity contribution in [1.82, 2.24) is 9.47 Å². The van der Waals surface area contributed by atoms with E-state index < -0.39 is 68.4 Å². The molecule has 127 heavy (non-hydrogen) atoms. The summed E-state index contributed by atoms with van der Waals surface area (Å²) in [6, 6.07) is 27.0. The monoisotopic (exact) mass is 1860 g/mol. The molecule has 11 aromatic rings. The van der Waals surface area contributed by atoms with Crippen LogP contribution in [0.2, 0.25) is 0 Å². The van der Waals surface area contributed by atoms with Gasteiger partial charge in [0.15, 0.2) is 46.0 Å². The summed E-state index contributed by atoms with van der Waals surface area (Å²) in [5, 5.41) is 82.0. The number of aromatic nitrogens is 1. The Morgan fingerprint density at radius 2 is 0.787 bits per heavy atom. The summed E-state index contributed by atoms with van der Waals surface area (Å²) < 4.78 is 97.7. The molecule has 0 amide bonds. The minimum atomic E-state index is -1.25. The van der Waals surface area contributed by atoms with Gasteiger partial charge in [-0.1, -0.05) is 24.6 Å². The van der Waals surface area contributed by atoms with Crippen LogP contribution in [0.1, 0.15) is 203 Å². The normalized spacial score (nSPS) is 22.0. The van der Waals surface area contributed by atoms with Gasteiger partial charge in [0.05, 0.1) is 62.3 Å². The first-order valence-corrected chi connectivity index (χ1v) is 49.9.